The van der Waals surface area contributed by atoms with Gasteiger partial charge in [-0.15, -0.1) is 0 Å². The minimum atomic E-state index is -0.255. The molecule has 0 saturated heterocycles. The Hall–Kier alpha value is -3.15. The highest BCUT2D eigenvalue weighted by molar-refractivity contribution is 6.05. The van der Waals surface area contributed by atoms with Gasteiger partial charge in [-0.3, -0.25) is 14.3 Å². The van der Waals surface area contributed by atoms with Crippen molar-refractivity contribution in [3.8, 4) is 0 Å². The third-order valence-corrected chi connectivity index (χ3v) is 6.88. The summed E-state index contributed by atoms with van der Waals surface area (Å²) in [5.74, 6) is 0.266. The molecule has 4 rings (SSSR count). The van der Waals surface area contributed by atoms with Crippen LogP contribution < -0.4 is 10.6 Å². The monoisotopic (exact) mass is 460 g/mol. The molecule has 1 saturated carbocycles. The zero-order chi connectivity index (χ0) is 24.1. The maximum Gasteiger partial charge on any atom is 0.272 e. The van der Waals surface area contributed by atoms with Gasteiger partial charge in [0.25, 0.3) is 11.8 Å². The molecule has 0 aliphatic heterocycles. The average Bonchev–Trinajstić information content (AvgIpc) is 3.20. The first kappa shape index (κ1) is 24.0. The molecule has 180 valence electrons. The molecule has 2 N–H and O–H groups in total. The summed E-state index contributed by atoms with van der Waals surface area (Å²) >= 11 is 0. The van der Waals surface area contributed by atoms with Gasteiger partial charge in [-0.05, 0) is 42.4 Å². The second-order valence-corrected chi connectivity index (χ2v) is 10.5. The zero-order valence-corrected chi connectivity index (χ0v) is 20.5. The molecule has 0 spiro atoms. The van der Waals surface area contributed by atoms with Crippen molar-refractivity contribution in [1.29, 1.82) is 0 Å². The second-order valence-electron chi connectivity index (χ2n) is 10.5. The Balaban J connectivity index is 1.51. The number of hydrogen-bond acceptors (Lipinski definition) is 3. The Morgan fingerprint density at radius 1 is 0.971 bits per heavy atom. The minimum absolute atomic E-state index is 0.147. The SMILES string of the molecule is CC(C)(C)[C@@H](CNC(=O)c1ccccc1)NC(=O)c1nn(CC2CCCCC2)c2ccccc12. The number of nitrogens with one attached hydrogen (secondary N) is 2. The van der Waals surface area contributed by atoms with E-state index >= 15 is 0 Å². The molecule has 1 heterocycles. The van der Waals surface area contributed by atoms with Crippen LogP contribution in [0.5, 0.6) is 0 Å². The Bertz CT molecular complexity index is 1120. The smallest absolute Gasteiger partial charge is 0.272 e. The molecular formula is C28H36N4O2. The van der Waals surface area contributed by atoms with E-state index in [0.717, 1.165) is 17.4 Å². The lowest BCUT2D eigenvalue weighted by Crippen LogP contribution is -2.50. The van der Waals surface area contributed by atoms with Crippen LogP contribution in [0.25, 0.3) is 10.9 Å². The van der Waals surface area contributed by atoms with Gasteiger partial charge in [0.05, 0.1) is 11.6 Å². The molecule has 0 bridgehead atoms. The molecule has 1 fully saturated rings. The Labute approximate surface area is 202 Å². The van der Waals surface area contributed by atoms with Gasteiger partial charge in [0, 0.05) is 24.0 Å². The maximum atomic E-state index is 13.4. The van der Waals surface area contributed by atoms with Crippen LogP contribution in [-0.2, 0) is 6.54 Å². The summed E-state index contributed by atoms with van der Waals surface area (Å²) in [6.07, 6.45) is 6.32. The number of amides is 2. The van der Waals surface area contributed by atoms with Crippen LogP contribution in [0.2, 0.25) is 0 Å². The molecule has 2 aromatic carbocycles. The lowest BCUT2D eigenvalue weighted by atomic mass is 9.86. The molecule has 1 atom stereocenters. The molecule has 34 heavy (non-hydrogen) atoms. The van der Waals surface area contributed by atoms with E-state index < -0.39 is 0 Å². The van der Waals surface area contributed by atoms with E-state index in [-0.39, 0.29) is 23.3 Å². The van der Waals surface area contributed by atoms with Crippen LogP contribution in [0.15, 0.2) is 54.6 Å². The van der Waals surface area contributed by atoms with Crippen LogP contribution in [0, 0.1) is 11.3 Å². The summed E-state index contributed by atoms with van der Waals surface area (Å²) in [6, 6.07) is 16.8. The first-order valence-corrected chi connectivity index (χ1v) is 12.4. The highest BCUT2D eigenvalue weighted by Gasteiger charge is 2.29. The van der Waals surface area contributed by atoms with E-state index in [1.807, 2.05) is 47.1 Å². The van der Waals surface area contributed by atoms with Crippen LogP contribution >= 0.6 is 0 Å². The highest BCUT2D eigenvalue weighted by Crippen LogP contribution is 2.27. The van der Waals surface area contributed by atoms with Gasteiger partial charge in [-0.25, -0.2) is 0 Å². The quantitative estimate of drug-likeness (QED) is 0.509. The van der Waals surface area contributed by atoms with Gasteiger partial charge in [0.15, 0.2) is 5.69 Å². The number of benzene rings is 2. The van der Waals surface area contributed by atoms with Crippen LogP contribution in [0.3, 0.4) is 0 Å². The lowest BCUT2D eigenvalue weighted by Gasteiger charge is -2.31. The summed E-state index contributed by atoms with van der Waals surface area (Å²) in [7, 11) is 0. The van der Waals surface area contributed by atoms with Crippen molar-refractivity contribution in [3.63, 3.8) is 0 Å². The van der Waals surface area contributed by atoms with Crippen molar-refractivity contribution in [2.45, 2.75) is 65.5 Å². The van der Waals surface area contributed by atoms with E-state index in [9.17, 15) is 9.59 Å². The number of fused-ring (bicyclic) bond motifs is 1. The molecule has 2 amide bonds. The summed E-state index contributed by atoms with van der Waals surface area (Å²) in [5.41, 5.74) is 1.81. The topological polar surface area (TPSA) is 76.0 Å². The standard InChI is InChI=1S/C28H36N4O2/c1-28(2,3)24(18-29-26(33)21-14-8-5-9-15-21)30-27(34)25-22-16-10-11-17-23(22)32(31-25)19-20-12-6-4-7-13-20/h5,8-11,14-17,20,24H,4,6-7,12-13,18-19H2,1-3H3,(H,29,33)(H,30,34)/t24-/m1/s1. The lowest BCUT2D eigenvalue weighted by molar-refractivity contribution is 0.0868. The molecule has 0 radical (unpaired) electrons. The minimum Gasteiger partial charge on any atom is -0.350 e. The van der Waals surface area contributed by atoms with Crippen molar-refractivity contribution < 1.29 is 9.59 Å². The number of carbonyl (C=O) groups is 2. The summed E-state index contributed by atoms with van der Waals surface area (Å²) in [4.78, 5) is 26.0. The molecular weight excluding hydrogens is 424 g/mol. The van der Waals surface area contributed by atoms with Crippen LogP contribution in [0.4, 0.5) is 0 Å². The van der Waals surface area contributed by atoms with Gasteiger partial charge in [-0.1, -0.05) is 76.4 Å². The first-order chi connectivity index (χ1) is 16.3. The molecule has 1 aliphatic carbocycles. The fourth-order valence-corrected chi connectivity index (χ4v) is 4.74. The van der Waals surface area contributed by atoms with Crippen molar-refractivity contribution >= 4 is 22.7 Å². The molecule has 0 unspecified atom stereocenters. The van der Waals surface area contributed by atoms with E-state index in [0.29, 0.717) is 23.7 Å². The number of hydrogen-bond donors (Lipinski definition) is 2. The molecule has 6 heteroatoms. The van der Waals surface area contributed by atoms with Crippen LogP contribution in [0.1, 0.15) is 73.7 Å². The van der Waals surface area contributed by atoms with E-state index in [2.05, 4.69) is 31.4 Å². The van der Waals surface area contributed by atoms with Gasteiger partial charge >= 0.3 is 0 Å². The van der Waals surface area contributed by atoms with Crippen molar-refractivity contribution in [1.82, 2.24) is 20.4 Å². The van der Waals surface area contributed by atoms with Gasteiger partial charge in [-0.2, -0.15) is 5.10 Å². The van der Waals surface area contributed by atoms with E-state index in [4.69, 9.17) is 5.10 Å². The Kier molecular flexibility index (Phi) is 7.35. The average molecular weight is 461 g/mol. The van der Waals surface area contributed by atoms with Crippen molar-refractivity contribution in [2.24, 2.45) is 11.3 Å². The number of nitrogens with zero attached hydrogens (tertiary/aromatic N) is 2. The van der Waals surface area contributed by atoms with Crippen molar-refractivity contribution in [3.05, 3.63) is 65.9 Å². The fourth-order valence-electron chi connectivity index (χ4n) is 4.74. The third-order valence-electron chi connectivity index (χ3n) is 6.88. The molecule has 6 nitrogen and oxygen atoms in total. The summed E-state index contributed by atoms with van der Waals surface area (Å²) in [5, 5.41) is 11.8. The normalized spacial score (nSPS) is 15.7. The summed E-state index contributed by atoms with van der Waals surface area (Å²) in [6.45, 7) is 7.37. The van der Waals surface area contributed by atoms with E-state index in [1.54, 1.807) is 12.1 Å². The number of aromatic nitrogens is 2. The maximum absolute atomic E-state index is 13.4. The Morgan fingerprint density at radius 3 is 2.35 bits per heavy atom. The fraction of sp³-hybridized carbons (Fsp3) is 0.464. The number of para-hydroxylation sites is 1. The van der Waals surface area contributed by atoms with Gasteiger partial charge < -0.3 is 10.6 Å². The summed E-state index contributed by atoms with van der Waals surface area (Å²) < 4.78 is 2.02. The van der Waals surface area contributed by atoms with Crippen LogP contribution in [-0.4, -0.2) is 34.2 Å². The Morgan fingerprint density at radius 2 is 1.65 bits per heavy atom. The molecule has 3 aromatic rings. The molecule has 1 aromatic heterocycles. The highest BCUT2D eigenvalue weighted by atomic mass is 16.2. The largest absolute Gasteiger partial charge is 0.350 e. The predicted molar refractivity (Wildman–Crippen MR) is 136 cm³/mol. The van der Waals surface area contributed by atoms with Gasteiger partial charge in [0.2, 0.25) is 0 Å². The van der Waals surface area contributed by atoms with Crippen molar-refractivity contribution in [2.75, 3.05) is 6.54 Å². The first-order valence-electron chi connectivity index (χ1n) is 12.4. The third kappa shape index (κ3) is 5.66. The zero-order valence-electron chi connectivity index (χ0n) is 20.5. The molecule has 1 aliphatic rings. The number of carbonyl (C=O) groups excluding carboxylic acids is 2. The van der Waals surface area contributed by atoms with Gasteiger partial charge in [0.1, 0.15) is 0 Å². The second kappa shape index (κ2) is 10.4. The number of rotatable bonds is 7. The predicted octanol–water partition coefficient (Wildman–Crippen LogP) is 5.19. The van der Waals surface area contributed by atoms with E-state index in [1.165, 1.54) is 32.1 Å².